The Bertz CT molecular complexity index is 247. The van der Waals surface area contributed by atoms with E-state index in [4.69, 9.17) is 5.73 Å². The van der Waals surface area contributed by atoms with Crippen molar-refractivity contribution in [3.05, 3.63) is 34.3 Å². The van der Waals surface area contributed by atoms with Gasteiger partial charge < -0.3 is 5.73 Å². The summed E-state index contributed by atoms with van der Waals surface area (Å²) < 4.78 is 1.10. The molecular weight excluding hydrogens is 214 g/mol. The molecule has 0 spiro atoms. The van der Waals surface area contributed by atoms with Crippen LogP contribution in [-0.2, 0) is 0 Å². The molecule has 0 aliphatic rings. The van der Waals surface area contributed by atoms with Crippen molar-refractivity contribution >= 4 is 15.9 Å². The van der Waals surface area contributed by atoms with Gasteiger partial charge in [0.15, 0.2) is 0 Å². The van der Waals surface area contributed by atoms with Gasteiger partial charge in [0.1, 0.15) is 0 Å². The highest BCUT2D eigenvalue weighted by Crippen LogP contribution is 2.19. The molecule has 0 heterocycles. The maximum absolute atomic E-state index is 5.95. The second-order valence-corrected chi connectivity index (χ2v) is 3.87. The first-order chi connectivity index (χ1) is 5.74. The fraction of sp³-hybridized carbons (Fsp3) is 0.400. The molecule has 1 nitrogen and oxygen atoms in total. The summed E-state index contributed by atoms with van der Waals surface area (Å²) in [4.78, 5) is 0. The lowest BCUT2D eigenvalue weighted by Gasteiger charge is -2.10. The van der Waals surface area contributed by atoms with E-state index in [-0.39, 0.29) is 6.04 Å². The number of hydrogen-bond donors (Lipinski definition) is 1. The van der Waals surface area contributed by atoms with Gasteiger partial charge in [-0.1, -0.05) is 41.4 Å². The quantitative estimate of drug-likeness (QED) is 0.844. The van der Waals surface area contributed by atoms with E-state index < -0.39 is 0 Å². The van der Waals surface area contributed by atoms with E-state index in [2.05, 4.69) is 35.0 Å². The summed E-state index contributed by atoms with van der Waals surface area (Å²) in [5, 5.41) is 0. The smallest absolute Gasteiger partial charge is 0.0295 e. The summed E-state index contributed by atoms with van der Waals surface area (Å²) in [5.41, 5.74) is 7.17. The van der Waals surface area contributed by atoms with Crippen LogP contribution in [0.1, 0.15) is 31.4 Å². The standard InChI is InChI=1S/C10H14BrN/c1-2-4-10(12)8-5-3-6-9(11)7-8/h3,5-7,10H,2,4,12H2,1H3/t10-/m0/s1. The van der Waals surface area contributed by atoms with Gasteiger partial charge in [0, 0.05) is 10.5 Å². The molecule has 2 heteroatoms. The van der Waals surface area contributed by atoms with Gasteiger partial charge in [-0.25, -0.2) is 0 Å². The first-order valence-electron chi connectivity index (χ1n) is 4.25. The summed E-state index contributed by atoms with van der Waals surface area (Å²) in [5.74, 6) is 0. The van der Waals surface area contributed by atoms with Crippen molar-refractivity contribution in [2.75, 3.05) is 0 Å². The zero-order chi connectivity index (χ0) is 8.97. The van der Waals surface area contributed by atoms with Gasteiger partial charge in [0.05, 0.1) is 0 Å². The minimum atomic E-state index is 0.187. The van der Waals surface area contributed by atoms with Crippen molar-refractivity contribution in [2.45, 2.75) is 25.8 Å². The minimum absolute atomic E-state index is 0.187. The maximum Gasteiger partial charge on any atom is 0.0295 e. The van der Waals surface area contributed by atoms with Crippen LogP contribution in [-0.4, -0.2) is 0 Å². The van der Waals surface area contributed by atoms with Crippen LogP contribution in [0.5, 0.6) is 0 Å². The lowest BCUT2D eigenvalue weighted by Crippen LogP contribution is -2.09. The molecule has 2 N–H and O–H groups in total. The Kier molecular flexibility index (Phi) is 3.76. The fourth-order valence-electron chi connectivity index (χ4n) is 1.21. The SMILES string of the molecule is CCC[C@H](N)c1cccc(Br)c1. The van der Waals surface area contributed by atoms with Gasteiger partial charge in [0.25, 0.3) is 0 Å². The first-order valence-corrected chi connectivity index (χ1v) is 5.04. The van der Waals surface area contributed by atoms with E-state index in [1.54, 1.807) is 0 Å². The Balaban J connectivity index is 2.73. The zero-order valence-electron chi connectivity index (χ0n) is 7.26. The molecule has 0 amide bonds. The zero-order valence-corrected chi connectivity index (χ0v) is 8.84. The van der Waals surface area contributed by atoms with Crippen LogP contribution in [0.2, 0.25) is 0 Å². The maximum atomic E-state index is 5.95. The topological polar surface area (TPSA) is 26.0 Å². The van der Waals surface area contributed by atoms with Crippen molar-refractivity contribution in [3.63, 3.8) is 0 Å². The Morgan fingerprint density at radius 2 is 2.25 bits per heavy atom. The summed E-state index contributed by atoms with van der Waals surface area (Å²) in [7, 11) is 0. The summed E-state index contributed by atoms with van der Waals surface area (Å²) in [6, 6.07) is 8.38. The van der Waals surface area contributed by atoms with Crippen molar-refractivity contribution in [1.29, 1.82) is 0 Å². The second kappa shape index (κ2) is 4.63. The molecule has 1 aromatic rings. The molecule has 0 bridgehead atoms. The number of hydrogen-bond acceptors (Lipinski definition) is 1. The lowest BCUT2D eigenvalue weighted by atomic mass is 10.0. The molecule has 0 unspecified atom stereocenters. The molecule has 0 fully saturated rings. The molecule has 1 aromatic carbocycles. The van der Waals surface area contributed by atoms with Gasteiger partial charge in [-0.15, -0.1) is 0 Å². The van der Waals surface area contributed by atoms with Gasteiger partial charge in [0.2, 0.25) is 0 Å². The Labute approximate surface area is 82.1 Å². The van der Waals surface area contributed by atoms with Gasteiger partial charge in [-0.3, -0.25) is 0 Å². The molecule has 66 valence electrons. The van der Waals surface area contributed by atoms with Gasteiger partial charge >= 0.3 is 0 Å². The van der Waals surface area contributed by atoms with E-state index in [0.717, 1.165) is 17.3 Å². The largest absolute Gasteiger partial charge is 0.324 e. The third kappa shape index (κ3) is 2.61. The van der Waals surface area contributed by atoms with Crippen molar-refractivity contribution < 1.29 is 0 Å². The molecule has 0 aromatic heterocycles. The number of nitrogens with two attached hydrogens (primary N) is 1. The Hall–Kier alpha value is -0.340. The molecule has 0 radical (unpaired) electrons. The van der Waals surface area contributed by atoms with E-state index in [9.17, 15) is 0 Å². The highest BCUT2D eigenvalue weighted by atomic mass is 79.9. The van der Waals surface area contributed by atoms with Crippen molar-refractivity contribution in [3.8, 4) is 0 Å². The van der Waals surface area contributed by atoms with Crippen LogP contribution in [0.4, 0.5) is 0 Å². The molecule has 0 aliphatic heterocycles. The van der Waals surface area contributed by atoms with E-state index in [0.29, 0.717) is 0 Å². The van der Waals surface area contributed by atoms with Crippen molar-refractivity contribution in [2.24, 2.45) is 5.73 Å². The predicted octanol–water partition coefficient (Wildman–Crippen LogP) is 3.25. The molecular formula is C10H14BrN. The Morgan fingerprint density at radius 3 is 2.83 bits per heavy atom. The minimum Gasteiger partial charge on any atom is -0.324 e. The monoisotopic (exact) mass is 227 g/mol. The van der Waals surface area contributed by atoms with Crippen LogP contribution in [0.15, 0.2) is 28.7 Å². The summed E-state index contributed by atoms with van der Waals surface area (Å²) in [6.07, 6.45) is 2.18. The van der Waals surface area contributed by atoms with Gasteiger partial charge in [-0.2, -0.15) is 0 Å². The second-order valence-electron chi connectivity index (χ2n) is 2.95. The third-order valence-corrected chi connectivity index (χ3v) is 2.37. The number of rotatable bonds is 3. The van der Waals surface area contributed by atoms with Crippen LogP contribution in [0, 0.1) is 0 Å². The van der Waals surface area contributed by atoms with E-state index >= 15 is 0 Å². The Morgan fingerprint density at radius 1 is 1.50 bits per heavy atom. The molecule has 1 atom stereocenters. The molecule has 0 saturated heterocycles. The highest BCUT2D eigenvalue weighted by Gasteiger charge is 2.03. The molecule has 12 heavy (non-hydrogen) atoms. The number of benzene rings is 1. The normalized spacial score (nSPS) is 12.9. The highest BCUT2D eigenvalue weighted by molar-refractivity contribution is 9.10. The summed E-state index contributed by atoms with van der Waals surface area (Å²) in [6.45, 7) is 2.15. The van der Waals surface area contributed by atoms with Crippen LogP contribution >= 0.6 is 15.9 Å². The fourth-order valence-corrected chi connectivity index (χ4v) is 1.63. The van der Waals surface area contributed by atoms with Gasteiger partial charge in [-0.05, 0) is 24.1 Å². The van der Waals surface area contributed by atoms with Crippen molar-refractivity contribution in [1.82, 2.24) is 0 Å². The average Bonchev–Trinajstić information content (AvgIpc) is 2.05. The van der Waals surface area contributed by atoms with E-state index in [1.165, 1.54) is 5.56 Å². The number of halogens is 1. The van der Waals surface area contributed by atoms with E-state index in [1.807, 2.05) is 12.1 Å². The third-order valence-electron chi connectivity index (χ3n) is 1.88. The van der Waals surface area contributed by atoms with Crippen LogP contribution in [0.25, 0.3) is 0 Å². The van der Waals surface area contributed by atoms with Crippen LogP contribution < -0.4 is 5.73 Å². The lowest BCUT2D eigenvalue weighted by molar-refractivity contribution is 0.638. The molecule has 0 saturated carbocycles. The van der Waals surface area contributed by atoms with Crippen LogP contribution in [0.3, 0.4) is 0 Å². The molecule has 0 aliphatic carbocycles. The molecule has 1 rings (SSSR count). The average molecular weight is 228 g/mol. The summed E-state index contributed by atoms with van der Waals surface area (Å²) >= 11 is 3.43. The predicted molar refractivity (Wildman–Crippen MR) is 56.0 cm³/mol. The first kappa shape index (κ1) is 9.75.